The molecule has 0 aliphatic rings. The van der Waals surface area contributed by atoms with Gasteiger partial charge in [0.2, 0.25) is 0 Å². The van der Waals surface area contributed by atoms with Crippen LogP contribution in [0, 0.1) is 0 Å². The fourth-order valence-corrected chi connectivity index (χ4v) is 1.10. The predicted octanol–water partition coefficient (Wildman–Crippen LogP) is 2.89. The number of ether oxygens (including phenoxy) is 1. The molecule has 0 aliphatic heterocycles. The summed E-state index contributed by atoms with van der Waals surface area (Å²) in [5, 5.41) is 0. The van der Waals surface area contributed by atoms with Crippen LogP contribution in [0.1, 0.15) is 35.9 Å². The Balaban J connectivity index is 2.78. The van der Waals surface area contributed by atoms with Gasteiger partial charge in [0.15, 0.2) is 0 Å². The summed E-state index contributed by atoms with van der Waals surface area (Å²) in [4.78, 5) is 11.2. The van der Waals surface area contributed by atoms with Crippen LogP contribution >= 0.6 is 0 Å². The van der Waals surface area contributed by atoms with Gasteiger partial charge < -0.3 is 4.74 Å². The van der Waals surface area contributed by atoms with E-state index in [2.05, 4.69) is 0 Å². The lowest BCUT2D eigenvalue weighted by Gasteiger charge is -2.04. The van der Waals surface area contributed by atoms with Crippen LogP contribution in [0.2, 0.25) is 0 Å². The molecule has 3 heteroatoms. The Bertz CT molecular complexity index is 304. The van der Waals surface area contributed by atoms with Crippen molar-refractivity contribution in [2.75, 3.05) is 6.61 Å². The van der Waals surface area contributed by atoms with Gasteiger partial charge in [0.05, 0.1) is 12.2 Å². The Morgan fingerprint density at radius 1 is 1.43 bits per heavy atom. The number of benzene rings is 1. The Kier molecular flexibility index (Phi) is 3.63. The number of alkyl halides is 1. The van der Waals surface area contributed by atoms with Gasteiger partial charge in [-0.1, -0.05) is 12.1 Å². The third kappa shape index (κ3) is 2.55. The average molecular weight is 196 g/mol. The van der Waals surface area contributed by atoms with E-state index in [1.807, 2.05) is 0 Å². The van der Waals surface area contributed by atoms with Gasteiger partial charge in [-0.05, 0) is 31.5 Å². The fraction of sp³-hybridized carbons (Fsp3) is 0.364. The van der Waals surface area contributed by atoms with E-state index in [1.165, 1.54) is 6.92 Å². The minimum Gasteiger partial charge on any atom is -0.462 e. The van der Waals surface area contributed by atoms with Crippen LogP contribution in [0.4, 0.5) is 4.39 Å². The molecule has 0 amide bonds. The number of esters is 1. The van der Waals surface area contributed by atoms with Gasteiger partial charge in [0.25, 0.3) is 0 Å². The maximum absolute atomic E-state index is 12.8. The second kappa shape index (κ2) is 4.74. The van der Waals surface area contributed by atoms with Crippen molar-refractivity contribution in [3.63, 3.8) is 0 Å². The van der Waals surface area contributed by atoms with Crippen molar-refractivity contribution in [1.29, 1.82) is 0 Å². The molecule has 0 aliphatic carbocycles. The average Bonchev–Trinajstić information content (AvgIpc) is 2.18. The highest BCUT2D eigenvalue weighted by Crippen LogP contribution is 2.16. The first-order valence-electron chi connectivity index (χ1n) is 4.56. The van der Waals surface area contributed by atoms with Crippen molar-refractivity contribution in [2.24, 2.45) is 0 Å². The molecule has 1 rings (SSSR count). The molecule has 1 aromatic carbocycles. The minimum absolute atomic E-state index is 0.347. The number of carbonyl (C=O) groups is 1. The quantitative estimate of drug-likeness (QED) is 0.695. The van der Waals surface area contributed by atoms with Crippen molar-refractivity contribution in [1.82, 2.24) is 0 Å². The molecule has 0 unspecified atom stereocenters. The molecular weight excluding hydrogens is 183 g/mol. The molecule has 1 aromatic rings. The lowest BCUT2D eigenvalue weighted by Crippen LogP contribution is -2.04. The molecule has 0 aromatic heterocycles. The Hall–Kier alpha value is -1.38. The third-order valence-electron chi connectivity index (χ3n) is 1.88. The van der Waals surface area contributed by atoms with Crippen LogP contribution in [0.3, 0.4) is 0 Å². The lowest BCUT2D eigenvalue weighted by molar-refractivity contribution is 0.0526. The monoisotopic (exact) mass is 196 g/mol. The molecule has 0 bridgehead atoms. The van der Waals surface area contributed by atoms with Gasteiger partial charge in [-0.3, -0.25) is 0 Å². The van der Waals surface area contributed by atoms with Crippen LogP contribution in [-0.2, 0) is 4.74 Å². The number of rotatable bonds is 3. The molecular formula is C11H13FO2. The molecule has 1 atom stereocenters. The molecule has 2 nitrogen and oxygen atoms in total. The predicted molar refractivity (Wildman–Crippen MR) is 51.9 cm³/mol. The first-order chi connectivity index (χ1) is 6.65. The number of halogens is 1. The summed E-state index contributed by atoms with van der Waals surface area (Å²) in [5.41, 5.74) is 1.02. The van der Waals surface area contributed by atoms with E-state index in [9.17, 15) is 9.18 Å². The smallest absolute Gasteiger partial charge is 0.338 e. The van der Waals surface area contributed by atoms with Crippen molar-refractivity contribution in [3.05, 3.63) is 35.4 Å². The summed E-state index contributed by atoms with van der Waals surface area (Å²) in [6, 6.07) is 6.33. The van der Waals surface area contributed by atoms with Crippen molar-refractivity contribution >= 4 is 5.97 Å². The van der Waals surface area contributed by atoms with E-state index < -0.39 is 6.17 Å². The first-order valence-corrected chi connectivity index (χ1v) is 4.56. The van der Waals surface area contributed by atoms with E-state index in [1.54, 1.807) is 31.2 Å². The number of hydrogen-bond donors (Lipinski definition) is 0. The Morgan fingerprint density at radius 2 is 2.00 bits per heavy atom. The van der Waals surface area contributed by atoms with Crippen LogP contribution in [0.15, 0.2) is 24.3 Å². The summed E-state index contributed by atoms with van der Waals surface area (Å²) in [7, 11) is 0. The SMILES string of the molecule is CCOC(=O)c1ccc([C@H](C)F)cc1. The molecule has 0 saturated heterocycles. The van der Waals surface area contributed by atoms with E-state index in [0.29, 0.717) is 17.7 Å². The second-order valence-corrected chi connectivity index (χ2v) is 2.96. The largest absolute Gasteiger partial charge is 0.462 e. The molecule has 0 heterocycles. The molecule has 76 valence electrons. The lowest BCUT2D eigenvalue weighted by atomic mass is 10.1. The zero-order chi connectivity index (χ0) is 10.6. The van der Waals surface area contributed by atoms with Gasteiger partial charge in [0.1, 0.15) is 6.17 Å². The van der Waals surface area contributed by atoms with Gasteiger partial charge in [-0.2, -0.15) is 0 Å². The zero-order valence-corrected chi connectivity index (χ0v) is 8.29. The summed E-state index contributed by atoms with van der Waals surface area (Å²) in [6.07, 6.45) is -1.01. The molecule has 0 saturated carbocycles. The zero-order valence-electron chi connectivity index (χ0n) is 8.29. The van der Waals surface area contributed by atoms with Crippen LogP contribution in [-0.4, -0.2) is 12.6 Å². The third-order valence-corrected chi connectivity index (χ3v) is 1.88. The van der Waals surface area contributed by atoms with Gasteiger partial charge in [-0.15, -0.1) is 0 Å². The molecule has 0 fully saturated rings. The summed E-state index contributed by atoms with van der Waals surface area (Å²) >= 11 is 0. The summed E-state index contributed by atoms with van der Waals surface area (Å²) in [6.45, 7) is 3.55. The topological polar surface area (TPSA) is 26.3 Å². The van der Waals surface area contributed by atoms with Crippen LogP contribution in [0.5, 0.6) is 0 Å². The van der Waals surface area contributed by atoms with E-state index in [-0.39, 0.29) is 5.97 Å². The van der Waals surface area contributed by atoms with Crippen LogP contribution < -0.4 is 0 Å². The van der Waals surface area contributed by atoms with E-state index in [0.717, 1.165) is 0 Å². The standard InChI is InChI=1S/C11H13FO2/c1-3-14-11(13)10-6-4-9(5-7-10)8(2)12/h4-8H,3H2,1-2H3/t8-/m0/s1. The van der Waals surface area contributed by atoms with E-state index in [4.69, 9.17) is 4.74 Å². The summed E-state index contributed by atoms with van der Waals surface area (Å²) < 4.78 is 17.6. The van der Waals surface area contributed by atoms with Crippen LogP contribution in [0.25, 0.3) is 0 Å². The van der Waals surface area contributed by atoms with Gasteiger partial charge in [-0.25, -0.2) is 9.18 Å². The number of carbonyl (C=O) groups excluding carboxylic acids is 1. The number of hydrogen-bond acceptors (Lipinski definition) is 2. The Labute approximate surface area is 82.7 Å². The second-order valence-electron chi connectivity index (χ2n) is 2.96. The highest BCUT2D eigenvalue weighted by molar-refractivity contribution is 5.89. The van der Waals surface area contributed by atoms with E-state index >= 15 is 0 Å². The molecule has 0 radical (unpaired) electrons. The fourth-order valence-electron chi connectivity index (χ4n) is 1.10. The van der Waals surface area contributed by atoms with Crippen molar-refractivity contribution in [2.45, 2.75) is 20.0 Å². The Morgan fingerprint density at radius 3 is 2.43 bits per heavy atom. The minimum atomic E-state index is -1.01. The maximum Gasteiger partial charge on any atom is 0.338 e. The van der Waals surface area contributed by atoms with Crippen molar-refractivity contribution in [3.8, 4) is 0 Å². The highest BCUT2D eigenvalue weighted by Gasteiger charge is 2.07. The normalized spacial score (nSPS) is 12.2. The van der Waals surface area contributed by atoms with Crippen molar-refractivity contribution < 1.29 is 13.9 Å². The molecule has 0 N–H and O–H groups in total. The van der Waals surface area contributed by atoms with Gasteiger partial charge >= 0.3 is 5.97 Å². The maximum atomic E-state index is 12.8. The first kappa shape index (κ1) is 10.7. The highest BCUT2D eigenvalue weighted by atomic mass is 19.1. The summed E-state index contributed by atoms with van der Waals surface area (Å²) in [5.74, 6) is -0.370. The molecule has 0 spiro atoms. The molecule has 14 heavy (non-hydrogen) atoms. The van der Waals surface area contributed by atoms with Gasteiger partial charge in [0, 0.05) is 0 Å².